The van der Waals surface area contributed by atoms with Crippen molar-refractivity contribution in [3.63, 3.8) is 0 Å². The monoisotopic (exact) mass is 462 g/mol. The Hall–Kier alpha value is -3.78. The minimum absolute atomic E-state index is 0.241. The van der Waals surface area contributed by atoms with Crippen LogP contribution in [0.15, 0.2) is 65.6 Å². The molecule has 1 fully saturated rings. The molecule has 4 rings (SSSR count). The van der Waals surface area contributed by atoms with Crippen LogP contribution in [0.4, 0.5) is 10.5 Å². The number of ether oxygens (including phenoxy) is 2. The number of rotatable bonds is 7. The van der Waals surface area contributed by atoms with E-state index in [1.807, 2.05) is 43.3 Å². The highest BCUT2D eigenvalue weighted by Crippen LogP contribution is 2.34. The summed E-state index contributed by atoms with van der Waals surface area (Å²) in [7, 11) is 1.55. The number of carbonyl (C=O) groups excluding carboxylic acids is 3. The van der Waals surface area contributed by atoms with E-state index >= 15 is 0 Å². The molecule has 1 N–H and O–H groups in total. The van der Waals surface area contributed by atoms with E-state index in [1.54, 1.807) is 37.5 Å². The Labute approximate surface area is 195 Å². The zero-order valence-corrected chi connectivity index (χ0v) is 19.0. The van der Waals surface area contributed by atoms with Gasteiger partial charge in [0.15, 0.2) is 11.5 Å². The van der Waals surface area contributed by atoms with Gasteiger partial charge in [-0.3, -0.25) is 19.3 Å². The van der Waals surface area contributed by atoms with Gasteiger partial charge in [-0.15, -0.1) is 0 Å². The van der Waals surface area contributed by atoms with Crippen molar-refractivity contribution in [2.24, 2.45) is 0 Å². The summed E-state index contributed by atoms with van der Waals surface area (Å²) in [6.07, 6.45) is 1.61. The van der Waals surface area contributed by atoms with E-state index in [0.717, 1.165) is 27.4 Å². The molecule has 0 atom stereocenters. The van der Waals surface area contributed by atoms with Crippen LogP contribution >= 0.6 is 11.8 Å². The second-order valence-electron chi connectivity index (χ2n) is 7.19. The molecule has 0 spiro atoms. The Morgan fingerprint density at radius 1 is 1.06 bits per heavy atom. The number of methoxy groups -OCH3 is 1. The Balaban J connectivity index is 1.49. The van der Waals surface area contributed by atoms with E-state index < -0.39 is 17.1 Å². The predicted molar refractivity (Wildman–Crippen MR) is 129 cm³/mol. The fourth-order valence-corrected chi connectivity index (χ4v) is 4.35. The topological polar surface area (TPSA) is 84.9 Å². The molecular formula is C25H22N2O5S. The summed E-state index contributed by atoms with van der Waals surface area (Å²) in [5.41, 5.74) is 1.31. The zero-order valence-electron chi connectivity index (χ0n) is 18.2. The Bertz CT molecular complexity index is 1270. The molecule has 0 aromatic heterocycles. The van der Waals surface area contributed by atoms with Crippen molar-refractivity contribution in [1.82, 2.24) is 4.90 Å². The SMILES string of the molecule is CCOc1cc(/C=C2/SC(=O)N(CC(=O)Nc3cccc4ccccc34)C2=O)ccc1OC. The van der Waals surface area contributed by atoms with Crippen LogP contribution in [0.25, 0.3) is 16.8 Å². The van der Waals surface area contributed by atoms with Crippen molar-refractivity contribution in [1.29, 1.82) is 0 Å². The van der Waals surface area contributed by atoms with Gasteiger partial charge < -0.3 is 14.8 Å². The second kappa shape index (κ2) is 9.79. The number of nitrogens with zero attached hydrogens (tertiary/aromatic N) is 1. The van der Waals surface area contributed by atoms with Crippen molar-refractivity contribution >= 4 is 51.4 Å². The molecule has 1 aliphatic rings. The van der Waals surface area contributed by atoms with Crippen molar-refractivity contribution in [2.45, 2.75) is 6.92 Å². The van der Waals surface area contributed by atoms with Crippen LogP contribution in [0.5, 0.6) is 11.5 Å². The van der Waals surface area contributed by atoms with Crippen LogP contribution in [0, 0.1) is 0 Å². The van der Waals surface area contributed by atoms with Gasteiger partial charge >= 0.3 is 0 Å². The highest BCUT2D eigenvalue weighted by atomic mass is 32.2. The van der Waals surface area contributed by atoms with Gasteiger partial charge in [-0.2, -0.15) is 0 Å². The lowest BCUT2D eigenvalue weighted by Gasteiger charge is -2.13. The lowest BCUT2D eigenvalue weighted by atomic mass is 10.1. The zero-order chi connectivity index (χ0) is 23.4. The van der Waals surface area contributed by atoms with Crippen molar-refractivity contribution in [3.05, 3.63) is 71.1 Å². The van der Waals surface area contributed by atoms with Crippen molar-refractivity contribution in [2.75, 3.05) is 25.6 Å². The molecule has 1 heterocycles. The van der Waals surface area contributed by atoms with Crippen LogP contribution in [-0.4, -0.2) is 42.2 Å². The van der Waals surface area contributed by atoms with Crippen LogP contribution in [0.1, 0.15) is 12.5 Å². The third kappa shape index (κ3) is 4.85. The van der Waals surface area contributed by atoms with Gasteiger partial charge in [-0.1, -0.05) is 42.5 Å². The first kappa shape index (κ1) is 22.4. The van der Waals surface area contributed by atoms with Crippen LogP contribution < -0.4 is 14.8 Å². The number of hydrogen-bond acceptors (Lipinski definition) is 6. The Morgan fingerprint density at radius 3 is 2.64 bits per heavy atom. The molecule has 0 aliphatic carbocycles. The average molecular weight is 463 g/mol. The van der Waals surface area contributed by atoms with Gasteiger partial charge in [0.1, 0.15) is 6.54 Å². The number of amides is 3. The quantitative estimate of drug-likeness (QED) is 0.502. The molecule has 33 heavy (non-hydrogen) atoms. The molecule has 0 unspecified atom stereocenters. The summed E-state index contributed by atoms with van der Waals surface area (Å²) in [5.74, 6) is 0.166. The Morgan fingerprint density at radius 2 is 1.85 bits per heavy atom. The number of carbonyl (C=O) groups is 3. The number of thioether (sulfide) groups is 1. The van der Waals surface area contributed by atoms with Gasteiger partial charge in [0.25, 0.3) is 11.1 Å². The molecule has 168 valence electrons. The first-order valence-corrected chi connectivity index (χ1v) is 11.2. The summed E-state index contributed by atoms with van der Waals surface area (Å²) >= 11 is 0.803. The maximum atomic E-state index is 12.8. The smallest absolute Gasteiger partial charge is 0.294 e. The molecule has 0 radical (unpaired) electrons. The number of imide groups is 1. The van der Waals surface area contributed by atoms with Crippen LogP contribution in [0.3, 0.4) is 0 Å². The van der Waals surface area contributed by atoms with Gasteiger partial charge in [-0.05, 0) is 53.9 Å². The first-order valence-electron chi connectivity index (χ1n) is 10.3. The summed E-state index contributed by atoms with van der Waals surface area (Å²) in [4.78, 5) is 39.1. The van der Waals surface area contributed by atoms with E-state index in [4.69, 9.17) is 9.47 Å². The van der Waals surface area contributed by atoms with E-state index in [-0.39, 0.29) is 11.4 Å². The third-order valence-corrected chi connectivity index (χ3v) is 5.93. The highest BCUT2D eigenvalue weighted by Gasteiger charge is 2.36. The standard InChI is InChI=1S/C25H22N2O5S/c1-3-32-21-13-16(11-12-20(21)31-2)14-22-24(29)27(25(30)33-22)15-23(28)26-19-10-6-8-17-7-4-5-9-18(17)19/h4-14H,3,15H2,1-2H3,(H,26,28)/b22-14+. The first-order chi connectivity index (χ1) is 16.0. The summed E-state index contributed by atoms with van der Waals surface area (Å²) in [5, 5.41) is 4.18. The summed E-state index contributed by atoms with van der Waals surface area (Å²) in [6.45, 7) is 1.96. The highest BCUT2D eigenvalue weighted by molar-refractivity contribution is 8.18. The molecule has 8 heteroatoms. The molecular weight excluding hydrogens is 440 g/mol. The molecule has 3 aromatic carbocycles. The molecule has 3 amide bonds. The van der Waals surface area contributed by atoms with Gasteiger partial charge in [0, 0.05) is 11.1 Å². The predicted octanol–water partition coefficient (Wildman–Crippen LogP) is 4.92. The fraction of sp³-hybridized carbons (Fsp3) is 0.160. The molecule has 7 nitrogen and oxygen atoms in total. The van der Waals surface area contributed by atoms with E-state index in [9.17, 15) is 14.4 Å². The molecule has 1 aliphatic heterocycles. The molecule has 3 aromatic rings. The van der Waals surface area contributed by atoms with E-state index in [2.05, 4.69) is 5.32 Å². The number of nitrogens with one attached hydrogen (secondary N) is 1. The average Bonchev–Trinajstić information content (AvgIpc) is 3.07. The maximum Gasteiger partial charge on any atom is 0.294 e. The third-order valence-electron chi connectivity index (χ3n) is 5.02. The largest absolute Gasteiger partial charge is 0.493 e. The number of benzene rings is 3. The molecule has 0 bridgehead atoms. The number of fused-ring (bicyclic) bond motifs is 1. The van der Waals surface area contributed by atoms with E-state index in [1.165, 1.54) is 0 Å². The normalized spacial score (nSPS) is 14.7. The second-order valence-corrected chi connectivity index (χ2v) is 8.18. The minimum atomic E-state index is -0.508. The maximum absolute atomic E-state index is 12.8. The van der Waals surface area contributed by atoms with Crippen molar-refractivity contribution < 1.29 is 23.9 Å². The number of anilines is 1. The Kier molecular flexibility index (Phi) is 6.65. The van der Waals surface area contributed by atoms with Crippen molar-refractivity contribution in [3.8, 4) is 11.5 Å². The molecule has 1 saturated heterocycles. The lowest BCUT2D eigenvalue weighted by Crippen LogP contribution is -2.36. The summed E-state index contributed by atoms with van der Waals surface area (Å²) < 4.78 is 10.8. The van der Waals surface area contributed by atoms with Gasteiger partial charge in [-0.25, -0.2) is 0 Å². The molecule has 0 saturated carbocycles. The number of hydrogen-bond donors (Lipinski definition) is 1. The lowest BCUT2D eigenvalue weighted by molar-refractivity contribution is -0.127. The van der Waals surface area contributed by atoms with E-state index in [0.29, 0.717) is 29.4 Å². The van der Waals surface area contributed by atoms with Crippen LogP contribution in [0.2, 0.25) is 0 Å². The minimum Gasteiger partial charge on any atom is -0.493 e. The van der Waals surface area contributed by atoms with Gasteiger partial charge in [0.2, 0.25) is 5.91 Å². The fourth-order valence-electron chi connectivity index (χ4n) is 3.51. The van der Waals surface area contributed by atoms with Gasteiger partial charge in [0.05, 0.1) is 18.6 Å². The summed E-state index contributed by atoms with van der Waals surface area (Å²) in [6, 6.07) is 18.5. The van der Waals surface area contributed by atoms with Crippen LogP contribution in [-0.2, 0) is 9.59 Å².